The summed E-state index contributed by atoms with van der Waals surface area (Å²) in [4.78, 5) is 25.8. The Morgan fingerprint density at radius 3 is 2.90 bits per heavy atom. The van der Waals surface area contributed by atoms with Crippen LogP contribution in [0, 0.1) is 0 Å². The smallest absolute Gasteiger partial charge is 0.330 e. The molecule has 0 aliphatic heterocycles. The summed E-state index contributed by atoms with van der Waals surface area (Å²) in [6.07, 6.45) is 3.29. The van der Waals surface area contributed by atoms with E-state index in [2.05, 4.69) is 10.3 Å². The van der Waals surface area contributed by atoms with Crippen LogP contribution in [0.5, 0.6) is 0 Å². The molecule has 0 unspecified atom stereocenters. The lowest BCUT2D eigenvalue weighted by atomic mass is 10.3. The maximum atomic E-state index is 11.8. The fourth-order valence-corrected chi connectivity index (χ4v) is 1.89. The number of nitrogens with two attached hydrogens (primary N) is 1. The molecule has 0 saturated carbocycles. The molecule has 0 aliphatic rings. The molecule has 2 rings (SSSR count). The molecule has 0 amide bonds. The third-order valence-electron chi connectivity index (χ3n) is 2.99. The van der Waals surface area contributed by atoms with Gasteiger partial charge in [0.15, 0.2) is 0 Å². The molecule has 0 atom stereocenters. The molecule has 0 saturated heterocycles. The van der Waals surface area contributed by atoms with Gasteiger partial charge in [-0.25, -0.2) is 4.79 Å². The number of anilines is 2. The topological polar surface area (TPSA) is 106 Å². The fourth-order valence-electron chi connectivity index (χ4n) is 1.89. The van der Waals surface area contributed by atoms with Gasteiger partial charge in [0, 0.05) is 6.54 Å². The maximum absolute atomic E-state index is 11.8. The molecule has 7 nitrogen and oxygen atoms in total. The normalized spacial score (nSPS) is 10.7. The number of hydrogen-bond acceptors (Lipinski definition) is 5. The second-order valence-electron chi connectivity index (χ2n) is 4.46. The van der Waals surface area contributed by atoms with Crippen LogP contribution in [0.3, 0.4) is 0 Å². The van der Waals surface area contributed by atoms with E-state index in [1.54, 1.807) is 18.4 Å². The zero-order chi connectivity index (χ0) is 14.5. The van der Waals surface area contributed by atoms with E-state index in [4.69, 9.17) is 10.2 Å². The van der Waals surface area contributed by atoms with Crippen molar-refractivity contribution in [2.75, 3.05) is 11.1 Å². The molecule has 0 aromatic carbocycles. The SMILES string of the molecule is CCCCn1c(N)c(NCc2ccco2)c(=O)[nH]c1=O. The van der Waals surface area contributed by atoms with Crippen LogP contribution in [-0.2, 0) is 13.1 Å². The van der Waals surface area contributed by atoms with Crippen molar-refractivity contribution in [3.05, 3.63) is 45.0 Å². The van der Waals surface area contributed by atoms with Gasteiger partial charge in [-0.05, 0) is 18.6 Å². The number of nitrogens with one attached hydrogen (secondary N) is 2. The standard InChI is InChI=1S/C13H18N4O3/c1-2-3-6-17-11(14)10(12(18)16-13(17)19)15-8-9-5-4-7-20-9/h4-5,7,15H,2-3,6,8,14H2,1H3,(H,16,18,19). The summed E-state index contributed by atoms with van der Waals surface area (Å²) in [6, 6.07) is 3.54. The summed E-state index contributed by atoms with van der Waals surface area (Å²) in [7, 11) is 0. The Morgan fingerprint density at radius 2 is 2.25 bits per heavy atom. The van der Waals surface area contributed by atoms with Crippen LogP contribution in [0.25, 0.3) is 0 Å². The Morgan fingerprint density at radius 1 is 1.45 bits per heavy atom. The second kappa shape index (κ2) is 6.14. The summed E-state index contributed by atoms with van der Waals surface area (Å²) in [5.41, 5.74) is 5.10. The van der Waals surface area contributed by atoms with E-state index in [9.17, 15) is 9.59 Å². The monoisotopic (exact) mass is 278 g/mol. The Hall–Kier alpha value is -2.44. The lowest BCUT2D eigenvalue weighted by Crippen LogP contribution is -2.34. The van der Waals surface area contributed by atoms with Crippen LogP contribution in [-0.4, -0.2) is 9.55 Å². The minimum absolute atomic E-state index is 0.152. The van der Waals surface area contributed by atoms with Crippen molar-refractivity contribution in [2.24, 2.45) is 0 Å². The second-order valence-corrected chi connectivity index (χ2v) is 4.46. The first-order valence-electron chi connectivity index (χ1n) is 6.52. The van der Waals surface area contributed by atoms with Gasteiger partial charge in [0.1, 0.15) is 17.3 Å². The van der Waals surface area contributed by atoms with Crippen LogP contribution in [0.4, 0.5) is 11.5 Å². The lowest BCUT2D eigenvalue weighted by Gasteiger charge is -2.12. The largest absolute Gasteiger partial charge is 0.467 e. The van der Waals surface area contributed by atoms with E-state index in [0.29, 0.717) is 18.8 Å². The quantitative estimate of drug-likeness (QED) is 0.734. The van der Waals surface area contributed by atoms with Gasteiger partial charge in [0.05, 0.1) is 12.8 Å². The van der Waals surface area contributed by atoms with E-state index in [-0.39, 0.29) is 11.5 Å². The highest BCUT2D eigenvalue weighted by Gasteiger charge is 2.12. The first-order valence-corrected chi connectivity index (χ1v) is 6.52. The van der Waals surface area contributed by atoms with Crippen LogP contribution in [0.1, 0.15) is 25.5 Å². The Bertz CT molecular complexity index is 670. The van der Waals surface area contributed by atoms with Gasteiger partial charge >= 0.3 is 5.69 Å². The number of H-pyrrole nitrogens is 1. The predicted octanol–water partition coefficient (Wildman–Crippen LogP) is 1.12. The molecule has 0 spiro atoms. The molecular formula is C13H18N4O3. The lowest BCUT2D eigenvalue weighted by molar-refractivity contribution is 0.517. The van der Waals surface area contributed by atoms with E-state index in [1.165, 1.54) is 4.57 Å². The first-order chi connectivity index (χ1) is 9.63. The number of aromatic nitrogens is 2. The molecule has 20 heavy (non-hydrogen) atoms. The third-order valence-corrected chi connectivity index (χ3v) is 2.99. The van der Waals surface area contributed by atoms with Crippen molar-refractivity contribution in [3.63, 3.8) is 0 Å². The number of rotatable bonds is 6. The van der Waals surface area contributed by atoms with Crippen molar-refractivity contribution in [1.29, 1.82) is 0 Å². The Balaban J connectivity index is 2.27. The molecule has 0 aliphatic carbocycles. The number of nitrogen functional groups attached to an aromatic ring is 1. The van der Waals surface area contributed by atoms with Gasteiger partial charge in [0.25, 0.3) is 5.56 Å². The van der Waals surface area contributed by atoms with Crippen molar-refractivity contribution < 1.29 is 4.42 Å². The van der Waals surface area contributed by atoms with E-state index >= 15 is 0 Å². The molecular weight excluding hydrogens is 260 g/mol. The van der Waals surface area contributed by atoms with E-state index in [0.717, 1.165) is 12.8 Å². The van der Waals surface area contributed by atoms with Crippen molar-refractivity contribution in [1.82, 2.24) is 9.55 Å². The number of hydrogen-bond donors (Lipinski definition) is 3. The van der Waals surface area contributed by atoms with Crippen molar-refractivity contribution in [3.8, 4) is 0 Å². The Labute approximate surface area is 115 Å². The molecule has 2 heterocycles. The zero-order valence-corrected chi connectivity index (χ0v) is 11.3. The van der Waals surface area contributed by atoms with Gasteiger partial charge in [-0.1, -0.05) is 13.3 Å². The van der Waals surface area contributed by atoms with E-state index in [1.807, 2.05) is 6.92 Å². The average Bonchev–Trinajstić information content (AvgIpc) is 2.91. The van der Waals surface area contributed by atoms with Gasteiger partial charge < -0.3 is 15.5 Å². The van der Waals surface area contributed by atoms with E-state index < -0.39 is 11.2 Å². The summed E-state index contributed by atoms with van der Waals surface area (Å²) < 4.78 is 6.54. The Kier molecular flexibility index (Phi) is 4.29. The third kappa shape index (κ3) is 2.93. The molecule has 0 fully saturated rings. The number of furan rings is 1. The predicted molar refractivity (Wildman–Crippen MR) is 76.7 cm³/mol. The molecule has 2 aromatic heterocycles. The molecule has 0 bridgehead atoms. The maximum Gasteiger partial charge on any atom is 0.330 e. The minimum Gasteiger partial charge on any atom is -0.467 e. The van der Waals surface area contributed by atoms with Crippen LogP contribution in [0.2, 0.25) is 0 Å². The molecule has 0 radical (unpaired) electrons. The first kappa shape index (κ1) is 14.0. The fraction of sp³-hybridized carbons (Fsp3) is 0.385. The highest BCUT2D eigenvalue weighted by atomic mass is 16.3. The van der Waals surface area contributed by atoms with Crippen molar-refractivity contribution in [2.45, 2.75) is 32.9 Å². The average molecular weight is 278 g/mol. The van der Waals surface area contributed by atoms with Crippen LogP contribution >= 0.6 is 0 Å². The summed E-state index contributed by atoms with van der Waals surface area (Å²) in [6.45, 7) is 2.82. The van der Waals surface area contributed by atoms with Crippen LogP contribution in [0.15, 0.2) is 32.4 Å². The minimum atomic E-state index is -0.521. The summed E-state index contributed by atoms with van der Waals surface area (Å²) in [5, 5.41) is 2.91. The number of unbranched alkanes of at least 4 members (excludes halogenated alkanes) is 1. The summed E-state index contributed by atoms with van der Waals surface area (Å²) in [5.74, 6) is 0.828. The zero-order valence-electron chi connectivity index (χ0n) is 11.3. The molecule has 4 N–H and O–H groups in total. The van der Waals surface area contributed by atoms with Gasteiger partial charge in [0.2, 0.25) is 0 Å². The van der Waals surface area contributed by atoms with Gasteiger partial charge in [-0.2, -0.15) is 0 Å². The number of nitrogens with zero attached hydrogens (tertiary/aromatic N) is 1. The molecule has 2 aromatic rings. The van der Waals surface area contributed by atoms with Gasteiger partial charge in [-0.3, -0.25) is 14.3 Å². The van der Waals surface area contributed by atoms with Gasteiger partial charge in [-0.15, -0.1) is 0 Å². The van der Waals surface area contributed by atoms with Crippen molar-refractivity contribution >= 4 is 11.5 Å². The highest BCUT2D eigenvalue weighted by Crippen LogP contribution is 2.12. The molecule has 7 heteroatoms. The van der Waals surface area contributed by atoms with Crippen LogP contribution < -0.4 is 22.3 Å². The highest BCUT2D eigenvalue weighted by molar-refractivity contribution is 5.60. The number of aromatic amines is 1. The summed E-state index contributed by atoms with van der Waals surface area (Å²) >= 11 is 0. The molecule has 108 valence electrons.